The van der Waals surface area contributed by atoms with E-state index in [0.717, 1.165) is 0 Å². The highest BCUT2D eigenvalue weighted by molar-refractivity contribution is 6.71. The first-order valence-corrected chi connectivity index (χ1v) is 29.4. The summed E-state index contributed by atoms with van der Waals surface area (Å²) in [6, 6.07) is 0. The predicted molar refractivity (Wildman–Crippen MR) is 158 cm³/mol. The van der Waals surface area contributed by atoms with Gasteiger partial charge in [0, 0.05) is 0 Å². The minimum atomic E-state index is -2.01. The van der Waals surface area contributed by atoms with Crippen molar-refractivity contribution >= 4 is 47.8 Å². The smallest absolute Gasteiger partial charge is 0.184 e. The molecule has 7 nitrogen and oxygen atoms in total. The summed E-state index contributed by atoms with van der Waals surface area (Å²) in [5.74, 6) is 0. The van der Waals surface area contributed by atoms with E-state index < -0.39 is 53.8 Å². The van der Waals surface area contributed by atoms with Gasteiger partial charge in [0.2, 0.25) is 0 Å². The zero-order valence-electron chi connectivity index (χ0n) is 25.0. The standard InChI is InChI=1S/C22H55NO6Si5/c1-24-23-17-19(26-31(5,6)7)21(28-33(11,12)13)22(29-34(14,15)16)20(27-32(8,9)10)18-25-30(2,3)4/h17,19-22H,18H2,1-16H3. The molecule has 0 aliphatic heterocycles. The van der Waals surface area contributed by atoms with Crippen molar-refractivity contribution in [1.29, 1.82) is 0 Å². The van der Waals surface area contributed by atoms with Crippen molar-refractivity contribution in [3.05, 3.63) is 0 Å². The maximum absolute atomic E-state index is 6.90. The van der Waals surface area contributed by atoms with E-state index in [-0.39, 0.29) is 12.2 Å². The summed E-state index contributed by atoms with van der Waals surface area (Å²) in [5, 5.41) is 4.11. The number of hydrogen-bond donors (Lipinski definition) is 0. The van der Waals surface area contributed by atoms with Crippen LogP contribution in [-0.2, 0) is 27.0 Å². The van der Waals surface area contributed by atoms with Gasteiger partial charge in [-0.25, -0.2) is 0 Å². The molecule has 0 bridgehead atoms. The molecular formula is C22H55NO6Si5. The van der Waals surface area contributed by atoms with E-state index in [1.165, 1.54) is 0 Å². The molecule has 0 rings (SSSR count). The van der Waals surface area contributed by atoms with Gasteiger partial charge in [-0.3, -0.25) is 0 Å². The molecule has 0 fully saturated rings. The molecule has 0 N–H and O–H groups in total. The molecule has 4 unspecified atom stereocenters. The van der Waals surface area contributed by atoms with Gasteiger partial charge < -0.3 is 27.0 Å². The van der Waals surface area contributed by atoms with Gasteiger partial charge in [0.1, 0.15) is 19.3 Å². The lowest BCUT2D eigenvalue weighted by Crippen LogP contribution is -2.60. The Hall–Kier alpha value is 0.354. The lowest BCUT2D eigenvalue weighted by Gasteiger charge is -2.45. The van der Waals surface area contributed by atoms with E-state index in [2.05, 4.69) is 103 Å². The molecule has 0 spiro atoms. The lowest BCUT2D eigenvalue weighted by molar-refractivity contribution is -0.0733. The molecule has 34 heavy (non-hydrogen) atoms. The third-order valence-electron chi connectivity index (χ3n) is 3.98. The zero-order valence-corrected chi connectivity index (χ0v) is 30.0. The molecule has 0 amide bonds. The van der Waals surface area contributed by atoms with Crippen LogP contribution in [0.4, 0.5) is 0 Å². The van der Waals surface area contributed by atoms with E-state index in [0.29, 0.717) is 6.61 Å². The van der Waals surface area contributed by atoms with Crippen molar-refractivity contribution in [3.8, 4) is 0 Å². The van der Waals surface area contributed by atoms with E-state index in [1.54, 1.807) is 13.3 Å². The van der Waals surface area contributed by atoms with Crippen molar-refractivity contribution in [2.24, 2.45) is 5.16 Å². The Balaban J connectivity index is 6.73. The number of oxime groups is 1. The van der Waals surface area contributed by atoms with Gasteiger partial charge in [0.15, 0.2) is 41.6 Å². The predicted octanol–water partition coefficient (Wildman–Crippen LogP) is 6.35. The molecule has 0 heterocycles. The van der Waals surface area contributed by atoms with Crippen molar-refractivity contribution in [1.82, 2.24) is 0 Å². The van der Waals surface area contributed by atoms with Crippen LogP contribution in [0.15, 0.2) is 5.16 Å². The molecule has 204 valence electrons. The molecular weight excluding hydrogens is 515 g/mol. The third-order valence-corrected chi connectivity index (χ3v) is 8.96. The topological polar surface area (TPSA) is 67.7 Å². The number of hydrogen-bond acceptors (Lipinski definition) is 7. The summed E-state index contributed by atoms with van der Waals surface area (Å²) in [4.78, 5) is 5.07. The molecule has 0 aliphatic rings. The van der Waals surface area contributed by atoms with Crippen LogP contribution in [0.25, 0.3) is 0 Å². The summed E-state index contributed by atoms with van der Waals surface area (Å²) in [6.07, 6.45) is 0.297. The Morgan fingerprint density at radius 3 is 1.32 bits per heavy atom. The van der Waals surface area contributed by atoms with Crippen molar-refractivity contribution < 1.29 is 27.0 Å². The highest BCUT2D eigenvalue weighted by atomic mass is 28.4. The van der Waals surface area contributed by atoms with Crippen LogP contribution >= 0.6 is 0 Å². The maximum atomic E-state index is 6.90. The second-order valence-electron chi connectivity index (χ2n) is 13.7. The first-order valence-electron chi connectivity index (χ1n) is 12.3. The fourth-order valence-electron chi connectivity index (χ4n) is 3.19. The lowest BCUT2D eigenvalue weighted by atomic mass is 10.0. The van der Waals surface area contributed by atoms with Gasteiger partial charge in [-0.1, -0.05) is 5.16 Å². The van der Waals surface area contributed by atoms with Crippen molar-refractivity contribution in [2.45, 2.75) is 123 Å². The van der Waals surface area contributed by atoms with Gasteiger partial charge in [0.25, 0.3) is 0 Å². The summed E-state index contributed by atoms with van der Waals surface area (Å²) in [6.45, 7) is 33.4. The summed E-state index contributed by atoms with van der Waals surface area (Å²) in [7, 11) is -8.13. The Bertz CT molecular complexity index is 618. The Labute approximate surface area is 215 Å². The molecule has 0 radical (unpaired) electrons. The molecule has 0 saturated heterocycles. The average molecular weight is 570 g/mol. The fourth-order valence-corrected chi connectivity index (χ4v) is 8.16. The first kappa shape index (κ1) is 34.4. The van der Waals surface area contributed by atoms with Crippen molar-refractivity contribution in [2.75, 3.05) is 13.7 Å². The zero-order chi connectivity index (χ0) is 27.2. The fraction of sp³-hybridized carbons (Fsp3) is 0.955. The summed E-state index contributed by atoms with van der Waals surface area (Å²) >= 11 is 0. The largest absolute Gasteiger partial charge is 0.415 e. The van der Waals surface area contributed by atoms with E-state index in [9.17, 15) is 0 Å². The van der Waals surface area contributed by atoms with Gasteiger partial charge in [-0.15, -0.1) is 0 Å². The van der Waals surface area contributed by atoms with Gasteiger partial charge in [-0.2, -0.15) is 0 Å². The Morgan fingerprint density at radius 2 is 0.971 bits per heavy atom. The van der Waals surface area contributed by atoms with Crippen LogP contribution in [0.1, 0.15) is 0 Å². The molecule has 12 heteroatoms. The second-order valence-corrected chi connectivity index (χ2v) is 36.1. The summed E-state index contributed by atoms with van der Waals surface area (Å²) < 4.78 is 33.6. The van der Waals surface area contributed by atoms with Crippen LogP contribution in [0.5, 0.6) is 0 Å². The van der Waals surface area contributed by atoms with Gasteiger partial charge in [-0.05, 0) is 98.2 Å². The normalized spacial score (nSPS) is 18.1. The minimum Gasteiger partial charge on any atom is -0.415 e. The molecule has 4 atom stereocenters. The average Bonchev–Trinajstić information content (AvgIpc) is 2.54. The van der Waals surface area contributed by atoms with Crippen LogP contribution in [0.2, 0.25) is 98.2 Å². The van der Waals surface area contributed by atoms with Crippen LogP contribution in [0.3, 0.4) is 0 Å². The van der Waals surface area contributed by atoms with Gasteiger partial charge >= 0.3 is 0 Å². The Morgan fingerprint density at radius 1 is 0.559 bits per heavy atom. The summed E-state index contributed by atoms with van der Waals surface area (Å²) in [5.41, 5.74) is 0. The quantitative estimate of drug-likeness (QED) is 0.123. The third kappa shape index (κ3) is 17.7. The highest BCUT2D eigenvalue weighted by Gasteiger charge is 2.44. The monoisotopic (exact) mass is 569 g/mol. The Kier molecular flexibility index (Phi) is 13.4. The molecule has 0 aliphatic carbocycles. The van der Waals surface area contributed by atoms with Crippen molar-refractivity contribution in [3.63, 3.8) is 0 Å². The molecule has 0 saturated carbocycles. The van der Waals surface area contributed by atoms with Gasteiger partial charge in [0.05, 0.1) is 25.0 Å². The molecule has 0 aromatic carbocycles. The maximum Gasteiger partial charge on any atom is 0.184 e. The number of nitrogens with zero attached hydrogens (tertiary/aromatic N) is 1. The highest BCUT2D eigenvalue weighted by Crippen LogP contribution is 2.28. The molecule has 0 aromatic rings. The van der Waals surface area contributed by atoms with E-state index >= 15 is 0 Å². The van der Waals surface area contributed by atoms with E-state index in [4.69, 9.17) is 27.0 Å². The van der Waals surface area contributed by atoms with Crippen LogP contribution < -0.4 is 0 Å². The van der Waals surface area contributed by atoms with Crippen LogP contribution in [-0.4, -0.2) is 85.9 Å². The van der Waals surface area contributed by atoms with Crippen LogP contribution in [0, 0.1) is 0 Å². The molecule has 0 aromatic heterocycles. The number of rotatable bonds is 16. The SMILES string of the molecule is CON=CC(O[Si](C)(C)C)C(O[Si](C)(C)C)C(O[Si](C)(C)C)C(CO[Si](C)(C)C)O[Si](C)(C)C. The minimum absolute atomic E-state index is 0.268. The first-order chi connectivity index (χ1) is 14.9. The second kappa shape index (κ2) is 13.2. The van der Waals surface area contributed by atoms with E-state index in [1.807, 2.05) is 0 Å².